The molecule has 0 aliphatic carbocycles. The van der Waals surface area contributed by atoms with Crippen LogP contribution in [0.25, 0.3) is 0 Å². The Kier molecular flexibility index (Phi) is 5.58. The maximum atomic E-state index is 12.5. The van der Waals surface area contributed by atoms with Crippen molar-refractivity contribution >= 4 is 34.8 Å². The molecule has 0 fully saturated rings. The van der Waals surface area contributed by atoms with Crippen molar-refractivity contribution in [2.24, 2.45) is 0 Å². The zero-order chi connectivity index (χ0) is 15.2. The fraction of sp³-hybridized carbons (Fsp3) is 0.214. The molecule has 21 heavy (non-hydrogen) atoms. The van der Waals surface area contributed by atoms with Crippen LogP contribution in [0.15, 0.2) is 46.7 Å². The number of halogens is 2. The predicted octanol–water partition coefficient (Wildman–Crippen LogP) is 4.95. The van der Waals surface area contributed by atoms with Gasteiger partial charge in [0, 0.05) is 9.77 Å². The van der Waals surface area contributed by atoms with Gasteiger partial charge in [-0.15, -0.1) is 11.3 Å². The van der Waals surface area contributed by atoms with Crippen LogP contribution in [0.1, 0.15) is 17.8 Å². The number of urea groups is 1. The van der Waals surface area contributed by atoms with Crippen LogP contribution in [-0.4, -0.2) is 11.8 Å². The summed E-state index contributed by atoms with van der Waals surface area (Å²) in [4.78, 5) is 13.3. The standard InChI is InChI=1S/C14H14F2N2OS2/c1-9(11-7-4-8-20-11)17-14(19)18-10-5-2-3-6-12(10)21-13(15)16/h2-9,13H,1H3,(H2,17,18,19)/t9-/m1/s1. The van der Waals surface area contributed by atoms with E-state index >= 15 is 0 Å². The maximum Gasteiger partial charge on any atom is 0.319 e. The highest BCUT2D eigenvalue weighted by molar-refractivity contribution is 7.99. The number of anilines is 1. The molecule has 2 aromatic rings. The van der Waals surface area contributed by atoms with Crippen LogP contribution in [0.4, 0.5) is 19.3 Å². The Morgan fingerprint density at radius 1 is 1.24 bits per heavy atom. The van der Waals surface area contributed by atoms with E-state index in [0.29, 0.717) is 22.3 Å². The highest BCUT2D eigenvalue weighted by Gasteiger charge is 2.14. The van der Waals surface area contributed by atoms with Crippen molar-refractivity contribution in [1.29, 1.82) is 0 Å². The topological polar surface area (TPSA) is 41.1 Å². The Labute approximate surface area is 129 Å². The van der Waals surface area contributed by atoms with Crippen LogP contribution in [-0.2, 0) is 0 Å². The van der Waals surface area contributed by atoms with E-state index in [1.807, 2.05) is 24.4 Å². The molecule has 2 amide bonds. The SMILES string of the molecule is C[C@@H](NC(=O)Nc1ccccc1SC(F)F)c1cccs1. The van der Waals surface area contributed by atoms with E-state index in [1.165, 1.54) is 0 Å². The van der Waals surface area contributed by atoms with Crippen LogP contribution in [0.2, 0.25) is 0 Å². The Balaban J connectivity index is 1.99. The Bertz CT molecular complexity index is 590. The molecule has 0 spiro atoms. The lowest BCUT2D eigenvalue weighted by atomic mass is 10.3. The first kappa shape index (κ1) is 15.8. The molecule has 1 atom stereocenters. The van der Waals surface area contributed by atoms with Gasteiger partial charge in [-0.05, 0) is 30.5 Å². The maximum absolute atomic E-state index is 12.5. The lowest BCUT2D eigenvalue weighted by molar-refractivity contribution is 0.249. The third-order valence-corrected chi connectivity index (χ3v) is 4.51. The highest BCUT2D eigenvalue weighted by atomic mass is 32.2. The van der Waals surface area contributed by atoms with E-state index in [1.54, 1.807) is 35.6 Å². The summed E-state index contributed by atoms with van der Waals surface area (Å²) < 4.78 is 24.9. The number of hydrogen-bond donors (Lipinski definition) is 2. The molecule has 0 aliphatic heterocycles. The summed E-state index contributed by atoms with van der Waals surface area (Å²) >= 11 is 1.95. The smallest absolute Gasteiger partial charge is 0.319 e. The molecule has 2 N–H and O–H groups in total. The van der Waals surface area contributed by atoms with Crippen molar-refractivity contribution in [2.75, 3.05) is 5.32 Å². The van der Waals surface area contributed by atoms with Crippen LogP contribution >= 0.6 is 23.1 Å². The number of rotatable bonds is 5. The Hall–Kier alpha value is -1.60. The normalized spacial score (nSPS) is 12.2. The summed E-state index contributed by atoms with van der Waals surface area (Å²) in [5.74, 6) is -2.53. The molecule has 0 unspecified atom stereocenters. The summed E-state index contributed by atoms with van der Waals surface area (Å²) in [5.41, 5.74) is 0.374. The fourth-order valence-electron chi connectivity index (χ4n) is 1.73. The molecular weight excluding hydrogens is 314 g/mol. The minimum atomic E-state index is -2.53. The number of thioether (sulfide) groups is 1. The first-order chi connectivity index (χ1) is 10.1. The van der Waals surface area contributed by atoms with Gasteiger partial charge in [0.15, 0.2) is 0 Å². The average molecular weight is 328 g/mol. The minimum absolute atomic E-state index is 0.139. The molecule has 112 valence electrons. The van der Waals surface area contributed by atoms with Crippen LogP contribution < -0.4 is 10.6 Å². The van der Waals surface area contributed by atoms with Crippen LogP contribution in [0.3, 0.4) is 0 Å². The van der Waals surface area contributed by atoms with Gasteiger partial charge in [0.25, 0.3) is 5.76 Å². The van der Waals surface area contributed by atoms with Crippen LogP contribution in [0, 0.1) is 0 Å². The molecular formula is C14H14F2N2OS2. The van der Waals surface area contributed by atoms with Gasteiger partial charge in [-0.3, -0.25) is 0 Å². The number of para-hydroxylation sites is 1. The Morgan fingerprint density at radius 3 is 2.67 bits per heavy atom. The number of benzene rings is 1. The zero-order valence-corrected chi connectivity index (χ0v) is 12.8. The summed E-state index contributed by atoms with van der Waals surface area (Å²) in [6.45, 7) is 1.87. The van der Waals surface area contributed by atoms with Gasteiger partial charge in [0.05, 0.1) is 11.7 Å². The number of alkyl halides is 2. The molecule has 0 radical (unpaired) electrons. The second-order valence-electron chi connectivity index (χ2n) is 4.21. The summed E-state index contributed by atoms with van der Waals surface area (Å²) in [5, 5.41) is 7.31. The van der Waals surface area contributed by atoms with Crippen molar-refractivity contribution in [2.45, 2.75) is 23.6 Å². The van der Waals surface area contributed by atoms with Gasteiger partial charge in [-0.1, -0.05) is 30.0 Å². The van der Waals surface area contributed by atoms with E-state index < -0.39 is 11.8 Å². The quantitative estimate of drug-likeness (QED) is 0.763. The lowest BCUT2D eigenvalue weighted by Gasteiger charge is -2.15. The van der Waals surface area contributed by atoms with Gasteiger partial charge >= 0.3 is 6.03 Å². The molecule has 0 saturated carbocycles. The van der Waals surface area contributed by atoms with Crippen LogP contribution in [0.5, 0.6) is 0 Å². The fourth-order valence-corrected chi connectivity index (χ4v) is 3.06. The molecule has 1 aromatic heterocycles. The molecule has 0 bridgehead atoms. The monoisotopic (exact) mass is 328 g/mol. The number of thiophene rings is 1. The predicted molar refractivity (Wildman–Crippen MR) is 83.2 cm³/mol. The molecule has 3 nitrogen and oxygen atoms in total. The number of carbonyl (C=O) groups is 1. The largest absolute Gasteiger partial charge is 0.331 e. The summed E-state index contributed by atoms with van der Waals surface area (Å²) in [6.07, 6.45) is 0. The highest BCUT2D eigenvalue weighted by Crippen LogP contribution is 2.31. The van der Waals surface area contributed by atoms with E-state index in [4.69, 9.17) is 0 Å². The van der Waals surface area contributed by atoms with Gasteiger partial charge in [0.2, 0.25) is 0 Å². The van der Waals surface area contributed by atoms with Gasteiger partial charge in [-0.2, -0.15) is 8.78 Å². The average Bonchev–Trinajstić information content (AvgIpc) is 2.94. The van der Waals surface area contributed by atoms with Gasteiger partial charge < -0.3 is 10.6 Å². The summed E-state index contributed by atoms with van der Waals surface area (Å²) in [6, 6.07) is 9.77. The van der Waals surface area contributed by atoms with Crippen molar-refractivity contribution in [3.05, 3.63) is 46.7 Å². The second kappa shape index (κ2) is 7.42. The van der Waals surface area contributed by atoms with Crippen molar-refractivity contribution in [3.63, 3.8) is 0 Å². The first-order valence-corrected chi connectivity index (χ1v) is 7.97. The second-order valence-corrected chi connectivity index (χ2v) is 6.22. The van der Waals surface area contributed by atoms with E-state index in [2.05, 4.69) is 10.6 Å². The molecule has 0 aliphatic rings. The summed E-state index contributed by atoms with van der Waals surface area (Å²) in [7, 11) is 0. The number of carbonyl (C=O) groups excluding carboxylic acids is 1. The molecule has 1 heterocycles. The number of amides is 2. The number of nitrogens with one attached hydrogen (secondary N) is 2. The van der Waals surface area contributed by atoms with Crippen molar-refractivity contribution < 1.29 is 13.6 Å². The zero-order valence-electron chi connectivity index (χ0n) is 11.2. The minimum Gasteiger partial charge on any atom is -0.331 e. The van der Waals surface area contributed by atoms with Crippen molar-refractivity contribution in [1.82, 2.24) is 5.32 Å². The van der Waals surface area contributed by atoms with Gasteiger partial charge in [0.1, 0.15) is 0 Å². The molecule has 1 aromatic carbocycles. The first-order valence-electron chi connectivity index (χ1n) is 6.21. The van der Waals surface area contributed by atoms with Crippen molar-refractivity contribution in [3.8, 4) is 0 Å². The molecule has 7 heteroatoms. The van der Waals surface area contributed by atoms with E-state index in [0.717, 1.165) is 4.88 Å². The third kappa shape index (κ3) is 4.71. The third-order valence-electron chi connectivity index (χ3n) is 2.67. The van der Waals surface area contributed by atoms with E-state index in [-0.39, 0.29) is 6.04 Å². The van der Waals surface area contributed by atoms with E-state index in [9.17, 15) is 13.6 Å². The molecule has 2 rings (SSSR count). The Morgan fingerprint density at radius 2 is 2.00 bits per heavy atom. The van der Waals surface area contributed by atoms with Gasteiger partial charge in [-0.25, -0.2) is 4.79 Å². The number of hydrogen-bond acceptors (Lipinski definition) is 3. The molecule has 0 saturated heterocycles. The lowest BCUT2D eigenvalue weighted by Crippen LogP contribution is -2.30.